The molecule has 0 fully saturated rings. The summed E-state index contributed by atoms with van der Waals surface area (Å²) in [7, 11) is 1.71. The van der Waals surface area contributed by atoms with Crippen LogP contribution in [0, 0.1) is 0 Å². The van der Waals surface area contributed by atoms with Crippen molar-refractivity contribution in [3.05, 3.63) is 22.3 Å². The predicted octanol–water partition coefficient (Wildman–Crippen LogP) is 2.84. The van der Waals surface area contributed by atoms with E-state index in [0.29, 0.717) is 11.4 Å². The third-order valence-electron chi connectivity index (χ3n) is 1.71. The first-order valence-electron chi connectivity index (χ1n) is 4.90. The van der Waals surface area contributed by atoms with Gasteiger partial charge in [-0.3, -0.25) is 0 Å². The summed E-state index contributed by atoms with van der Waals surface area (Å²) in [5, 5.41) is 2.86. The van der Waals surface area contributed by atoms with Gasteiger partial charge in [-0.25, -0.2) is 9.78 Å². The van der Waals surface area contributed by atoms with Crippen LogP contribution in [0.2, 0.25) is 0 Å². The van der Waals surface area contributed by atoms with Crippen LogP contribution >= 0.6 is 15.9 Å². The van der Waals surface area contributed by atoms with E-state index in [1.165, 1.54) is 0 Å². The number of aromatic nitrogens is 1. The third kappa shape index (κ3) is 3.48. The first kappa shape index (κ1) is 13.0. The van der Waals surface area contributed by atoms with Gasteiger partial charge in [-0.1, -0.05) is 0 Å². The molecule has 0 atom stereocenters. The number of carbonyl (C=O) groups excluding carboxylic acids is 1. The van der Waals surface area contributed by atoms with E-state index in [9.17, 15) is 4.79 Å². The topological polar surface area (TPSA) is 51.2 Å². The van der Waals surface area contributed by atoms with Crippen LogP contribution in [-0.2, 0) is 4.74 Å². The largest absolute Gasteiger partial charge is 0.456 e. The molecule has 88 valence electrons. The van der Waals surface area contributed by atoms with E-state index >= 15 is 0 Å². The molecule has 0 aliphatic heterocycles. The zero-order chi connectivity index (χ0) is 12.3. The quantitative estimate of drug-likeness (QED) is 0.850. The highest BCUT2D eigenvalue weighted by molar-refractivity contribution is 9.10. The maximum atomic E-state index is 11.9. The second-order valence-corrected chi connectivity index (χ2v) is 5.22. The molecule has 1 aromatic rings. The molecule has 0 saturated heterocycles. The molecular weight excluding hydrogens is 272 g/mol. The summed E-state index contributed by atoms with van der Waals surface area (Å²) in [6.07, 6.45) is 1.62. The molecule has 0 aromatic carbocycles. The lowest BCUT2D eigenvalue weighted by Gasteiger charge is -2.20. The van der Waals surface area contributed by atoms with Crippen molar-refractivity contribution in [2.24, 2.45) is 0 Å². The van der Waals surface area contributed by atoms with Crippen molar-refractivity contribution in [3.63, 3.8) is 0 Å². The molecule has 0 bridgehead atoms. The minimum absolute atomic E-state index is 0.384. The number of halogens is 1. The Bertz CT molecular complexity index is 399. The van der Waals surface area contributed by atoms with E-state index in [0.717, 1.165) is 4.47 Å². The Morgan fingerprint density at radius 2 is 2.12 bits per heavy atom. The Morgan fingerprint density at radius 3 is 2.62 bits per heavy atom. The Labute approximate surface area is 104 Å². The number of pyridine rings is 1. The number of carbonyl (C=O) groups is 1. The number of rotatable bonds is 2. The zero-order valence-electron chi connectivity index (χ0n) is 9.80. The molecule has 1 rings (SSSR count). The molecule has 1 N–H and O–H groups in total. The number of anilines is 1. The van der Waals surface area contributed by atoms with E-state index < -0.39 is 5.60 Å². The number of hydrogen-bond acceptors (Lipinski definition) is 4. The summed E-state index contributed by atoms with van der Waals surface area (Å²) in [6.45, 7) is 5.49. The van der Waals surface area contributed by atoms with E-state index in [-0.39, 0.29) is 5.97 Å². The standard InChI is InChI=1S/C11H15BrN2O2/c1-11(2,3)16-10(15)8-5-7(12)6-14-9(8)13-4/h5-6H,1-4H3,(H,13,14). The van der Waals surface area contributed by atoms with Crippen LogP contribution in [0.4, 0.5) is 5.82 Å². The predicted molar refractivity (Wildman–Crippen MR) is 66.7 cm³/mol. The summed E-state index contributed by atoms with van der Waals surface area (Å²) in [5.41, 5.74) is -0.0865. The van der Waals surface area contributed by atoms with Gasteiger partial charge < -0.3 is 10.1 Å². The molecule has 0 spiro atoms. The molecule has 0 aliphatic rings. The smallest absolute Gasteiger partial charge is 0.342 e. The van der Waals surface area contributed by atoms with Crippen LogP contribution in [0.15, 0.2) is 16.7 Å². The Balaban J connectivity index is 3.02. The van der Waals surface area contributed by atoms with Crippen LogP contribution in [0.5, 0.6) is 0 Å². The van der Waals surface area contributed by atoms with Crippen LogP contribution in [-0.4, -0.2) is 23.6 Å². The Kier molecular flexibility index (Phi) is 3.91. The minimum Gasteiger partial charge on any atom is -0.456 e. The van der Waals surface area contributed by atoms with Gasteiger partial charge >= 0.3 is 5.97 Å². The van der Waals surface area contributed by atoms with E-state index in [1.54, 1.807) is 19.3 Å². The zero-order valence-corrected chi connectivity index (χ0v) is 11.4. The van der Waals surface area contributed by atoms with Crippen molar-refractivity contribution in [2.45, 2.75) is 26.4 Å². The maximum absolute atomic E-state index is 11.9. The molecule has 0 unspecified atom stereocenters. The summed E-state index contributed by atoms with van der Waals surface area (Å²) < 4.78 is 6.02. The molecule has 0 radical (unpaired) electrons. The highest BCUT2D eigenvalue weighted by Crippen LogP contribution is 2.20. The van der Waals surface area contributed by atoms with Crippen molar-refractivity contribution in [2.75, 3.05) is 12.4 Å². The molecule has 4 nitrogen and oxygen atoms in total. The highest BCUT2D eigenvalue weighted by Gasteiger charge is 2.20. The van der Waals surface area contributed by atoms with Gasteiger partial charge in [0.1, 0.15) is 17.0 Å². The van der Waals surface area contributed by atoms with Gasteiger partial charge in [0.25, 0.3) is 0 Å². The Hall–Kier alpha value is -1.10. The van der Waals surface area contributed by atoms with E-state index in [2.05, 4.69) is 26.2 Å². The van der Waals surface area contributed by atoms with Crippen molar-refractivity contribution in [3.8, 4) is 0 Å². The fourth-order valence-corrected chi connectivity index (χ4v) is 1.46. The van der Waals surface area contributed by atoms with Crippen molar-refractivity contribution in [1.29, 1.82) is 0 Å². The number of esters is 1. The van der Waals surface area contributed by atoms with Gasteiger partial charge in [0.2, 0.25) is 0 Å². The SMILES string of the molecule is CNc1ncc(Br)cc1C(=O)OC(C)(C)C. The second-order valence-electron chi connectivity index (χ2n) is 4.30. The van der Waals surface area contributed by atoms with Gasteiger partial charge in [-0.05, 0) is 42.8 Å². The first-order valence-corrected chi connectivity index (χ1v) is 5.69. The fraction of sp³-hybridized carbons (Fsp3) is 0.455. The van der Waals surface area contributed by atoms with Crippen molar-refractivity contribution >= 4 is 27.7 Å². The van der Waals surface area contributed by atoms with Crippen molar-refractivity contribution in [1.82, 2.24) is 4.98 Å². The minimum atomic E-state index is -0.510. The van der Waals surface area contributed by atoms with E-state index in [4.69, 9.17) is 4.74 Å². The summed E-state index contributed by atoms with van der Waals surface area (Å²) in [6, 6.07) is 1.69. The number of hydrogen-bond donors (Lipinski definition) is 1. The van der Waals surface area contributed by atoms with Gasteiger partial charge in [0, 0.05) is 17.7 Å². The lowest BCUT2D eigenvalue weighted by Crippen LogP contribution is -2.24. The molecule has 0 saturated carbocycles. The van der Waals surface area contributed by atoms with Crippen molar-refractivity contribution < 1.29 is 9.53 Å². The molecule has 1 aromatic heterocycles. The van der Waals surface area contributed by atoms with E-state index in [1.807, 2.05) is 20.8 Å². The number of ether oxygens (including phenoxy) is 1. The van der Waals surface area contributed by atoms with Crippen LogP contribution in [0.3, 0.4) is 0 Å². The lowest BCUT2D eigenvalue weighted by atomic mass is 10.2. The average Bonchev–Trinajstić information content (AvgIpc) is 2.15. The van der Waals surface area contributed by atoms with Gasteiger partial charge in [-0.15, -0.1) is 0 Å². The van der Waals surface area contributed by atoms with Crippen LogP contribution in [0.25, 0.3) is 0 Å². The molecule has 16 heavy (non-hydrogen) atoms. The van der Waals surface area contributed by atoms with Gasteiger partial charge in [-0.2, -0.15) is 0 Å². The molecular formula is C11H15BrN2O2. The molecule has 0 aliphatic carbocycles. The third-order valence-corrected chi connectivity index (χ3v) is 2.14. The monoisotopic (exact) mass is 286 g/mol. The second kappa shape index (κ2) is 4.82. The number of nitrogens with one attached hydrogen (secondary N) is 1. The van der Waals surface area contributed by atoms with Gasteiger partial charge in [0.15, 0.2) is 0 Å². The fourth-order valence-electron chi connectivity index (χ4n) is 1.13. The highest BCUT2D eigenvalue weighted by atomic mass is 79.9. The first-order chi connectivity index (χ1) is 7.33. The maximum Gasteiger partial charge on any atom is 0.342 e. The number of nitrogens with zero attached hydrogens (tertiary/aromatic N) is 1. The summed E-state index contributed by atoms with van der Waals surface area (Å²) >= 11 is 3.28. The summed E-state index contributed by atoms with van der Waals surface area (Å²) in [5.74, 6) is 0.128. The molecule has 0 amide bonds. The molecule has 5 heteroatoms. The normalized spacial score (nSPS) is 11.1. The average molecular weight is 287 g/mol. The Morgan fingerprint density at radius 1 is 1.50 bits per heavy atom. The van der Waals surface area contributed by atoms with Crippen LogP contribution < -0.4 is 5.32 Å². The lowest BCUT2D eigenvalue weighted by molar-refractivity contribution is 0.00703. The van der Waals surface area contributed by atoms with Gasteiger partial charge in [0.05, 0.1) is 0 Å². The van der Waals surface area contributed by atoms with Crippen LogP contribution in [0.1, 0.15) is 31.1 Å². The summed E-state index contributed by atoms with van der Waals surface area (Å²) in [4.78, 5) is 16.0. The molecule has 1 heterocycles.